The fraction of sp³-hybridized carbons (Fsp3) is 0.182. The number of furan rings is 1. The molecule has 0 radical (unpaired) electrons. The van der Waals surface area contributed by atoms with Crippen LogP contribution in [0.2, 0.25) is 0 Å². The molecule has 3 rings (SSSR count). The van der Waals surface area contributed by atoms with Gasteiger partial charge in [0.15, 0.2) is 12.4 Å². The highest BCUT2D eigenvalue weighted by atomic mass is 16.6. The lowest BCUT2D eigenvalue weighted by Gasteiger charge is -2.12. The summed E-state index contributed by atoms with van der Waals surface area (Å²) in [6.45, 7) is 3.63. The molecular weight excluding hydrogens is 344 g/mol. The lowest BCUT2D eigenvalue weighted by Crippen LogP contribution is -2.13. The van der Waals surface area contributed by atoms with E-state index in [-0.39, 0.29) is 12.4 Å². The minimum atomic E-state index is -0.436. The van der Waals surface area contributed by atoms with Gasteiger partial charge in [-0.05, 0) is 60.9 Å². The maximum absolute atomic E-state index is 12.4. The Morgan fingerprint density at radius 3 is 2.44 bits per heavy atom. The number of carbonyl (C=O) groups excluding carboxylic acids is 2. The second-order valence-electron chi connectivity index (χ2n) is 6.19. The van der Waals surface area contributed by atoms with Gasteiger partial charge in [-0.1, -0.05) is 24.3 Å². The van der Waals surface area contributed by atoms with E-state index in [2.05, 4.69) is 4.74 Å². The van der Waals surface area contributed by atoms with Gasteiger partial charge in [-0.15, -0.1) is 0 Å². The van der Waals surface area contributed by atoms with Crippen molar-refractivity contribution in [2.45, 2.75) is 13.8 Å². The summed E-state index contributed by atoms with van der Waals surface area (Å²) in [7, 11) is 1.32. The Morgan fingerprint density at radius 1 is 1.07 bits per heavy atom. The fourth-order valence-corrected chi connectivity index (χ4v) is 2.86. The van der Waals surface area contributed by atoms with Crippen LogP contribution in [0.15, 0.2) is 53.0 Å². The first-order valence-electron chi connectivity index (χ1n) is 8.50. The average Bonchev–Trinajstić information content (AvgIpc) is 3.09. The van der Waals surface area contributed by atoms with Crippen LogP contribution in [0.3, 0.4) is 0 Å². The minimum absolute atomic E-state index is 0.141. The summed E-state index contributed by atoms with van der Waals surface area (Å²) in [6, 6.07) is 13.0. The van der Waals surface area contributed by atoms with Crippen molar-refractivity contribution in [3.63, 3.8) is 0 Å². The monoisotopic (exact) mass is 364 g/mol. The van der Waals surface area contributed by atoms with E-state index in [1.807, 2.05) is 50.2 Å². The second-order valence-corrected chi connectivity index (χ2v) is 6.19. The Hall–Kier alpha value is -3.34. The van der Waals surface area contributed by atoms with Crippen LogP contribution in [-0.2, 0) is 9.53 Å². The van der Waals surface area contributed by atoms with Crippen LogP contribution in [0.4, 0.5) is 0 Å². The first-order valence-corrected chi connectivity index (χ1v) is 8.50. The highest BCUT2D eigenvalue weighted by molar-refractivity contribution is 6.07. The summed E-state index contributed by atoms with van der Waals surface area (Å²) in [5.41, 5.74) is 3.29. The number of methoxy groups -OCH3 is 1. The van der Waals surface area contributed by atoms with Crippen molar-refractivity contribution in [1.82, 2.24) is 0 Å². The van der Waals surface area contributed by atoms with Gasteiger partial charge in [-0.3, -0.25) is 4.79 Å². The van der Waals surface area contributed by atoms with E-state index in [0.717, 1.165) is 22.1 Å². The molecule has 0 N–H and O–H groups in total. The molecule has 0 aliphatic carbocycles. The number of ether oxygens (including phenoxy) is 2. The van der Waals surface area contributed by atoms with Gasteiger partial charge in [0.2, 0.25) is 5.78 Å². The lowest BCUT2D eigenvalue weighted by molar-refractivity contribution is -0.142. The van der Waals surface area contributed by atoms with Crippen LogP contribution >= 0.6 is 0 Å². The molecule has 138 valence electrons. The van der Waals surface area contributed by atoms with Gasteiger partial charge >= 0.3 is 5.97 Å². The molecule has 3 aromatic rings. The Balaban J connectivity index is 1.76. The third-order valence-electron chi connectivity index (χ3n) is 4.14. The smallest absolute Gasteiger partial charge is 0.343 e. The number of hydrogen-bond acceptors (Lipinski definition) is 5. The third kappa shape index (κ3) is 4.26. The van der Waals surface area contributed by atoms with Gasteiger partial charge in [0.1, 0.15) is 11.3 Å². The number of fused-ring (bicyclic) bond motifs is 1. The second kappa shape index (κ2) is 7.91. The van der Waals surface area contributed by atoms with Crippen molar-refractivity contribution >= 4 is 28.8 Å². The van der Waals surface area contributed by atoms with Gasteiger partial charge in [-0.25, -0.2) is 4.79 Å². The molecule has 0 saturated carbocycles. The summed E-state index contributed by atoms with van der Waals surface area (Å²) in [4.78, 5) is 23.6. The minimum Gasteiger partial charge on any atom is -0.481 e. The molecule has 0 aliphatic heterocycles. The van der Waals surface area contributed by atoms with Crippen LogP contribution in [0.25, 0.3) is 17.0 Å². The summed E-state index contributed by atoms with van der Waals surface area (Å²) in [6.07, 6.45) is 3.22. The molecule has 0 spiro atoms. The van der Waals surface area contributed by atoms with Crippen LogP contribution in [0, 0.1) is 13.8 Å². The van der Waals surface area contributed by atoms with Crippen molar-refractivity contribution in [2.24, 2.45) is 0 Å². The molecule has 0 saturated heterocycles. The SMILES string of the molecule is COC(=O)COc1c(C)cc(C=CC(=O)c2cc3ccccc3o2)cc1C. The van der Waals surface area contributed by atoms with Crippen LogP contribution < -0.4 is 4.74 Å². The summed E-state index contributed by atoms with van der Waals surface area (Å²) < 4.78 is 15.7. The Labute approximate surface area is 157 Å². The number of para-hydroxylation sites is 1. The average molecular weight is 364 g/mol. The van der Waals surface area contributed by atoms with Crippen molar-refractivity contribution < 1.29 is 23.5 Å². The molecule has 0 bridgehead atoms. The number of allylic oxidation sites excluding steroid dienone is 1. The van der Waals surface area contributed by atoms with Gasteiger partial charge in [0, 0.05) is 5.39 Å². The number of esters is 1. The number of rotatable bonds is 6. The van der Waals surface area contributed by atoms with Gasteiger partial charge in [-0.2, -0.15) is 0 Å². The van der Waals surface area contributed by atoms with Crippen LogP contribution in [0.5, 0.6) is 5.75 Å². The zero-order valence-electron chi connectivity index (χ0n) is 15.4. The van der Waals surface area contributed by atoms with E-state index < -0.39 is 5.97 Å². The fourth-order valence-electron chi connectivity index (χ4n) is 2.86. The first-order chi connectivity index (χ1) is 13.0. The largest absolute Gasteiger partial charge is 0.481 e. The number of aryl methyl sites for hydroxylation is 2. The maximum Gasteiger partial charge on any atom is 0.343 e. The molecule has 5 heteroatoms. The van der Waals surface area contributed by atoms with E-state index in [1.54, 1.807) is 12.1 Å². The van der Waals surface area contributed by atoms with Gasteiger partial charge < -0.3 is 13.9 Å². The number of carbonyl (C=O) groups is 2. The van der Waals surface area contributed by atoms with Crippen molar-refractivity contribution in [3.8, 4) is 5.75 Å². The van der Waals surface area contributed by atoms with Crippen molar-refractivity contribution in [1.29, 1.82) is 0 Å². The molecule has 0 atom stereocenters. The molecule has 2 aromatic carbocycles. The molecule has 5 nitrogen and oxygen atoms in total. The van der Waals surface area contributed by atoms with E-state index in [4.69, 9.17) is 9.15 Å². The Morgan fingerprint density at radius 2 is 1.78 bits per heavy atom. The third-order valence-corrected chi connectivity index (χ3v) is 4.14. The molecule has 27 heavy (non-hydrogen) atoms. The number of hydrogen-bond donors (Lipinski definition) is 0. The summed E-state index contributed by atoms with van der Waals surface area (Å²) >= 11 is 0. The van der Waals surface area contributed by atoms with Crippen LogP contribution in [0.1, 0.15) is 27.2 Å². The molecule has 0 aliphatic rings. The molecular formula is C22H20O5. The topological polar surface area (TPSA) is 65.7 Å². The lowest BCUT2D eigenvalue weighted by atomic mass is 10.0. The zero-order valence-corrected chi connectivity index (χ0v) is 15.4. The predicted octanol–water partition coefficient (Wildman–Crippen LogP) is 4.50. The van der Waals surface area contributed by atoms with Crippen molar-refractivity contribution in [3.05, 3.63) is 71.0 Å². The van der Waals surface area contributed by atoms with Crippen molar-refractivity contribution in [2.75, 3.05) is 13.7 Å². The van der Waals surface area contributed by atoms with E-state index in [1.165, 1.54) is 13.2 Å². The van der Waals surface area contributed by atoms with Crippen LogP contribution in [-0.4, -0.2) is 25.5 Å². The number of ketones is 1. The quantitative estimate of drug-likeness (QED) is 0.366. The van der Waals surface area contributed by atoms with E-state index in [9.17, 15) is 9.59 Å². The summed E-state index contributed by atoms with van der Waals surface area (Å²) in [5.74, 6) is 0.307. The van der Waals surface area contributed by atoms with E-state index >= 15 is 0 Å². The first kappa shape index (κ1) is 18.5. The number of benzene rings is 2. The van der Waals surface area contributed by atoms with Gasteiger partial charge in [0.05, 0.1) is 7.11 Å². The summed E-state index contributed by atoms with van der Waals surface area (Å²) in [5, 5.41) is 0.896. The maximum atomic E-state index is 12.4. The molecule has 1 aromatic heterocycles. The highest BCUT2D eigenvalue weighted by Gasteiger charge is 2.11. The molecule has 0 fully saturated rings. The Kier molecular flexibility index (Phi) is 5.41. The Bertz CT molecular complexity index is 970. The highest BCUT2D eigenvalue weighted by Crippen LogP contribution is 2.26. The van der Waals surface area contributed by atoms with Gasteiger partial charge in [0.25, 0.3) is 0 Å². The van der Waals surface area contributed by atoms with E-state index in [0.29, 0.717) is 17.1 Å². The standard InChI is InChI=1S/C22H20O5/c1-14-10-16(11-15(2)22(14)26-13-21(24)25-3)8-9-18(23)20-12-17-6-4-5-7-19(17)27-20/h4-12H,13H2,1-3H3. The normalized spacial score (nSPS) is 11.1. The molecule has 0 unspecified atom stereocenters. The molecule has 1 heterocycles. The zero-order chi connectivity index (χ0) is 19.4. The molecule has 0 amide bonds. The predicted molar refractivity (Wildman–Crippen MR) is 103 cm³/mol.